The number of hydrogen-bond acceptors (Lipinski definition) is 14. The Labute approximate surface area is 394 Å². The molecule has 5 aliphatic heterocycles. The third-order valence-corrected chi connectivity index (χ3v) is 14.2. The number of methoxy groups -OCH3 is 2. The minimum absolute atomic E-state index is 0.0441. The standard InChI is InChI=1S/C53H55N3O12/c1-63-19-6-5-18-54-24-30-14-16-40-37(21-30)38(25-55-40)42-17-15-35-43(64-2)23-33-22-36(31-9-3-4-10-31)46-41(58)27-56-26-39-32(11-7-13-34(39)51(56)61)12-8-20-65-50-47(59)44(28-66-42)67-52(53(50,62)29-57)68-49(35)45(33)48(46)60/h7,11,13-17,21-23,25,31,42,44,47,50,52,54,57,59,62H,3-6,9-10,12,18-19,24,26-29H2,1-2H3/p+1/b17-15+/t42-,44-,47-,50+,52-,53-/m1/s1. The van der Waals surface area contributed by atoms with Gasteiger partial charge in [-0.25, -0.2) is 0 Å². The van der Waals surface area contributed by atoms with Crippen molar-refractivity contribution in [3.05, 3.63) is 105 Å². The summed E-state index contributed by atoms with van der Waals surface area (Å²) in [6.45, 7) is 0.759. The average Bonchev–Trinajstić information content (AvgIpc) is 4.10. The van der Waals surface area contributed by atoms with Crippen LogP contribution in [0.1, 0.15) is 98.5 Å². The molecule has 0 spiro atoms. The Morgan fingerprint density at radius 1 is 1.07 bits per heavy atom. The van der Waals surface area contributed by atoms with Gasteiger partial charge in [-0.05, 0) is 96.6 Å². The SMILES string of the molecule is COCCCCNCc1ccc2c(c1)[C+]([C@H]1/C=C/c3c(OC)cc4cc(C5CCCC5)c5c(O)c4c3O[C@H]3O[C@H](CO1)[C@@H](O)[C@H](OC#CCc1cccc4c1CN(CC5=O)C4=O)[C@]3(O)CO)C=N2. The van der Waals surface area contributed by atoms with Gasteiger partial charge in [-0.1, -0.05) is 30.9 Å². The van der Waals surface area contributed by atoms with E-state index in [0.29, 0.717) is 35.4 Å². The van der Waals surface area contributed by atoms with E-state index in [9.17, 15) is 30.0 Å². The maximum absolute atomic E-state index is 14.9. The zero-order valence-electron chi connectivity index (χ0n) is 38.2. The summed E-state index contributed by atoms with van der Waals surface area (Å²) in [6, 6.07) is 15.0. The summed E-state index contributed by atoms with van der Waals surface area (Å²) in [5.74, 6) is 2.78. The average molecular weight is 927 g/mol. The molecule has 5 heterocycles. The smallest absolute Gasteiger partial charge is 0.254 e. The van der Waals surface area contributed by atoms with E-state index in [0.717, 1.165) is 78.9 Å². The van der Waals surface area contributed by atoms with E-state index in [2.05, 4.69) is 23.4 Å². The molecule has 0 unspecified atom stereocenters. The number of ether oxygens (including phenoxy) is 6. The second-order valence-electron chi connectivity index (χ2n) is 18.4. The molecule has 0 aromatic heterocycles. The van der Waals surface area contributed by atoms with Gasteiger partial charge in [-0.15, -0.1) is 0 Å². The number of aromatic hydroxyl groups is 1. The second-order valence-corrected chi connectivity index (χ2v) is 18.4. The molecule has 1 aliphatic carbocycles. The number of nitrogens with zero attached hydrogens (tertiary/aromatic N) is 2. The molecule has 15 nitrogen and oxygen atoms in total. The van der Waals surface area contributed by atoms with Crippen LogP contribution in [-0.2, 0) is 38.5 Å². The summed E-state index contributed by atoms with van der Waals surface area (Å²) < 4.78 is 37.2. The highest BCUT2D eigenvalue weighted by Gasteiger charge is 2.59. The predicted molar refractivity (Wildman–Crippen MR) is 251 cm³/mol. The van der Waals surface area contributed by atoms with Crippen LogP contribution in [0.25, 0.3) is 16.8 Å². The Morgan fingerprint density at radius 2 is 1.93 bits per heavy atom. The van der Waals surface area contributed by atoms with Crippen LogP contribution in [-0.4, -0.2) is 127 Å². The number of hydrogen-bond donors (Lipinski definition) is 5. The van der Waals surface area contributed by atoms with Crippen LogP contribution in [0, 0.1) is 17.9 Å². The fraction of sp³-hybridized carbons (Fsp3) is 0.434. The summed E-state index contributed by atoms with van der Waals surface area (Å²) >= 11 is 0. The van der Waals surface area contributed by atoms with Gasteiger partial charge >= 0.3 is 0 Å². The van der Waals surface area contributed by atoms with E-state index in [4.69, 9.17) is 33.4 Å². The van der Waals surface area contributed by atoms with Gasteiger partial charge in [0.1, 0.15) is 53.8 Å². The van der Waals surface area contributed by atoms with Crippen molar-refractivity contribution in [2.75, 3.05) is 47.1 Å². The molecular formula is C53H56N3O12+. The number of benzene rings is 4. The van der Waals surface area contributed by atoms with Crippen LogP contribution < -0.4 is 14.8 Å². The van der Waals surface area contributed by atoms with Gasteiger partial charge in [0.25, 0.3) is 5.91 Å². The number of nitrogens with one attached hydrogen (secondary N) is 1. The molecular weight excluding hydrogens is 871 g/mol. The zero-order chi connectivity index (χ0) is 47.1. The van der Waals surface area contributed by atoms with E-state index < -0.39 is 48.7 Å². The number of amides is 1. The fourth-order valence-corrected chi connectivity index (χ4v) is 10.6. The summed E-state index contributed by atoms with van der Waals surface area (Å²) in [5.41, 5.74) is 3.10. The number of Topliss-reactive ketones (excluding diaryl/α,β-unsaturated/α-hetero) is 1. The predicted octanol–water partition coefficient (Wildman–Crippen LogP) is 5.41. The van der Waals surface area contributed by atoms with Gasteiger partial charge in [0.05, 0.1) is 49.4 Å². The molecule has 6 atom stereocenters. The lowest BCUT2D eigenvalue weighted by Gasteiger charge is -2.47. The lowest BCUT2D eigenvalue weighted by Crippen LogP contribution is -2.70. The summed E-state index contributed by atoms with van der Waals surface area (Å²) in [4.78, 5) is 35.1. The largest absolute Gasteiger partial charge is 0.506 e. The molecule has 1 saturated carbocycles. The highest BCUT2D eigenvalue weighted by atomic mass is 16.7. The number of aliphatic hydroxyl groups excluding tert-OH is 2. The van der Waals surface area contributed by atoms with Crippen LogP contribution in [0.3, 0.4) is 0 Å². The molecule has 1 amide bonds. The minimum atomic E-state index is -2.46. The van der Waals surface area contributed by atoms with Gasteiger partial charge in [0.15, 0.2) is 28.7 Å². The fourth-order valence-electron chi connectivity index (χ4n) is 10.6. The van der Waals surface area contributed by atoms with Crippen molar-refractivity contribution >= 4 is 40.4 Å². The highest BCUT2D eigenvalue weighted by Crippen LogP contribution is 2.50. The van der Waals surface area contributed by atoms with Gasteiger partial charge in [0, 0.05) is 50.4 Å². The Morgan fingerprint density at radius 3 is 2.74 bits per heavy atom. The molecule has 15 heteroatoms. The van der Waals surface area contributed by atoms with Crippen molar-refractivity contribution in [3.63, 3.8) is 0 Å². The van der Waals surface area contributed by atoms with Crippen LogP contribution in [0.15, 0.2) is 59.6 Å². The number of phenols is 1. The zero-order valence-corrected chi connectivity index (χ0v) is 38.2. The summed E-state index contributed by atoms with van der Waals surface area (Å²) in [6.07, 6.45) is 6.42. The van der Waals surface area contributed by atoms with Crippen LogP contribution in [0.5, 0.6) is 17.2 Å². The van der Waals surface area contributed by atoms with Gasteiger partial charge in [-0.2, -0.15) is 4.99 Å². The Bertz CT molecular complexity index is 2740. The molecule has 5 N–H and O–H groups in total. The number of unbranched alkanes of at least 4 members (excludes halogenated alkanes) is 1. The molecule has 0 radical (unpaired) electrons. The number of carbonyl (C=O) groups is 2. The number of aliphatic imine (C=N–C) groups is 1. The van der Waals surface area contributed by atoms with Crippen molar-refractivity contribution in [2.45, 2.75) is 100 Å². The first kappa shape index (κ1) is 45.8. The van der Waals surface area contributed by atoms with Gasteiger partial charge < -0.3 is 59.1 Å². The van der Waals surface area contributed by atoms with E-state index in [1.807, 2.05) is 24.3 Å². The van der Waals surface area contributed by atoms with Gasteiger partial charge in [0.2, 0.25) is 6.29 Å². The van der Waals surface area contributed by atoms with E-state index in [-0.39, 0.29) is 66.0 Å². The Balaban J connectivity index is 1.14. The number of carbonyl (C=O) groups excluding carboxylic acids is 2. The van der Waals surface area contributed by atoms with Crippen molar-refractivity contribution in [2.24, 2.45) is 4.99 Å². The van der Waals surface area contributed by atoms with Gasteiger partial charge in [-0.3, -0.25) is 9.59 Å². The van der Waals surface area contributed by atoms with Crippen molar-refractivity contribution in [1.82, 2.24) is 10.2 Å². The monoisotopic (exact) mass is 926 g/mol. The van der Waals surface area contributed by atoms with E-state index in [1.54, 1.807) is 43.7 Å². The number of fused-ring (bicyclic) bond motifs is 5. The molecule has 6 aliphatic rings. The second kappa shape index (κ2) is 19.2. The van der Waals surface area contributed by atoms with E-state index >= 15 is 0 Å². The first-order chi connectivity index (χ1) is 33.1. The molecule has 10 rings (SSSR count). The van der Waals surface area contributed by atoms with Crippen molar-refractivity contribution < 1.29 is 58.4 Å². The van der Waals surface area contributed by atoms with Crippen LogP contribution >= 0.6 is 0 Å². The van der Waals surface area contributed by atoms with E-state index in [1.165, 1.54) is 12.0 Å². The maximum Gasteiger partial charge on any atom is 0.254 e. The lowest BCUT2D eigenvalue weighted by atomic mass is 9.86. The first-order valence-corrected chi connectivity index (χ1v) is 23.5. The molecule has 8 bridgehead atoms. The number of rotatable bonds is 11. The lowest BCUT2D eigenvalue weighted by molar-refractivity contribution is -0.328. The topological polar surface area (TPSA) is 198 Å². The third kappa shape index (κ3) is 8.27. The maximum atomic E-state index is 14.9. The first-order valence-electron chi connectivity index (χ1n) is 23.5. The summed E-state index contributed by atoms with van der Waals surface area (Å²) in [7, 11) is 3.20. The molecule has 4 aromatic rings. The normalized spacial score (nSPS) is 25.8. The van der Waals surface area contributed by atoms with Crippen molar-refractivity contribution in [1.29, 1.82) is 0 Å². The van der Waals surface area contributed by atoms with Crippen molar-refractivity contribution in [3.8, 4) is 29.3 Å². The number of ketones is 1. The van der Waals surface area contributed by atoms with Crippen LogP contribution in [0.4, 0.5) is 5.69 Å². The Kier molecular flexibility index (Phi) is 12.9. The summed E-state index contributed by atoms with van der Waals surface area (Å²) in [5, 5.41) is 52.5. The number of phenolic OH excluding ortho intramolecular Hbond substituents is 1. The third-order valence-electron chi connectivity index (χ3n) is 14.2. The minimum Gasteiger partial charge on any atom is -0.506 e. The molecule has 68 heavy (non-hydrogen) atoms. The molecule has 354 valence electrons. The molecule has 4 aromatic carbocycles. The molecule has 1 saturated heterocycles. The van der Waals surface area contributed by atoms with Crippen LogP contribution in [0.2, 0.25) is 0 Å². The quantitative estimate of drug-likeness (QED) is 0.0729. The Hall–Kier alpha value is -5.96. The number of aliphatic hydroxyl groups is 3. The highest BCUT2D eigenvalue weighted by molar-refractivity contribution is 6.11. The molecule has 2 fully saturated rings.